The monoisotopic (exact) mass is 390 g/mol. The smallest absolute Gasteiger partial charge is 0.255 e. The second kappa shape index (κ2) is 6.91. The maximum atomic E-state index is 13.6. The lowest BCUT2D eigenvalue weighted by atomic mass is 9.77. The largest absolute Gasteiger partial charge is 0.323 e. The van der Waals surface area contributed by atoms with Gasteiger partial charge in [-0.15, -0.1) is 0 Å². The van der Waals surface area contributed by atoms with Crippen molar-refractivity contribution in [3.63, 3.8) is 0 Å². The highest BCUT2D eigenvalue weighted by Gasteiger charge is 2.58. The number of nitrogens with one attached hydrogen (secondary N) is 1. The molecule has 4 nitrogen and oxygen atoms in total. The Morgan fingerprint density at radius 2 is 1.71 bits per heavy atom. The Kier molecular flexibility index (Phi) is 4.55. The highest BCUT2D eigenvalue weighted by molar-refractivity contribution is 7.08. The Labute approximate surface area is 168 Å². The Hall–Kier alpha value is -2.92. The molecule has 142 valence electrons. The minimum Gasteiger partial charge on any atom is -0.323 e. The quantitative estimate of drug-likeness (QED) is 0.641. The van der Waals surface area contributed by atoms with Crippen molar-refractivity contribution in [3.8, 4) is 0 Å². The molecule has 1 fully saturated rings. The van der Waals surface area contributed by atoms with Crippen molar-refractivity contribution in [1.82, 2.24) is 0 Å². The molecule has 1 atom stereocenters. The number of rotatable bonds is 4. The van der Waals surface area contributed by atoms with Crippen LogP contribution in [0.1, 0.15) is 28.7 Å². The first-order valence-electron chi connectivity index (χ1n) is 9.23. The number of β-lactam (4-membered cyclic amide) rings is 1. The molecule has 0 spiro atoms. The van der Waals surface area contributed by atoms with Crippen LogP contribution in [0.2, 0.25) is 0 Å². The average molecular weight is 391 g/mol. The van der Waals surface area contributed by atoms with E-state index >= 15 is 0 Å². The highest BCUT2D eigenvalue weighted by atomic mass is 32.1. The van der Waals surface area contributed by atoms with Gasteiger partial charge in [-0.05, 0) is 66.4 Å². The second-order valence-corrected chi connectivity index (χ2v) is 8.11. The topological polar surface area (TPSA) is 49.4 Å². The van der Waals surface area contributed by atoms with E-state index in [1.54, 1.807) is 4.90 Å². The van der Waals surface area contributed by atoms with Gasteiger partial charge in [0, 0.05) is 11.4 Å². The summed E-state index contributed by atoms with van der Waals surface area (Å²) < 4.78 is 0. The zero-order valence-corrected chi connectivity index (χ0v) is 17.0. The van der Waals surface area contributed by atoms with Gasteiger partial charge in [-0.1, -0.05) is 35.9 Å². The molecule has 4 rings (SSSR count). The van der Waals surface area contributed by atoms with Crippen LogP contribution in [-0.2, 0) is 15.1 Å². The summed E-state index contributed by atoms with van der Waals surface area (Å²) in [5.41, 5.74) is 4.48. The van der Waals surface area contributed by atoms with Crippen molar-refractivity contribution in [2.24, 2.45) is 0 Å². The minimum absolute atomic E-state index is 0.0493. The molecule has 1 N–H and O–H groups in total. The molecule has 2 amide bonds. The van der Waals surface area contributed by atoms with Gasteiger partial charge in [0.05, 0.1) is 6.42 Å². The van der Waals surface area contributed by atoms with Gasteiger partial charge in [-0.25, -0.2) is 0 Å². The summed E-state index contributed by atoms with van der Waals surface area (Å²) in [6, 6.07) is 15.6. The Morgan fingerprint density at radius 1 is 1.04 bits per heavy atom. The molecule has 28 heavy (non-hydrogen) atoms. The molecule has 1 aliphatic rings. The van der Waals surface area contributed by atoms with Crippen LogP contribution >= 0.6 is 11.3 Å². The molecule has 0 radical (unpaired) electrons. The number of amides is 2. The van der Waals surface area contributed by atoms with E-state index in [2.05, 4.69) is 5.32 Å². The van der Waals surface area contributed by atoms with Gasteiger partial charge >= 0.3 is 0 Å². The van der Waals surface area contributed by atoms with Crippen LogP contribution in [0.25, 0.3) is 0 Å². The van der Waals surface area contributed by atoms with Gasteiger partial charge in [-0.3, -0.25) is 14.5 Å². The van der Waals surface area contributed by atoms with Crippen molar-refractivity contribution < 1.29 is 9.59 Å². The van der Waals surface area contributed by atoms with E-state index in [0.717, 1.165) is 33.6 Å². The van der Waals surface area contributed by atoms with Gasteiger partial charge < -0.3 is 5.32 Å². The molecule has 1 unspecified atom stereocenters. The molecule has 1 aliphatic heterocycles. The third kappa shape index (κ3) is 2.83. The van der Waals surface area contributed by atoms with Crippen molar-refractivity contribution in [1.29, 1.82) is 0 Å². The first-order chi connectivity index (χ1) is 13.4. The van der Waals surface area contributed by atoms with Gasteiger partial charge in [0.2, 0.25) is 5.91 Å². The van der Waals surface area contributed by atoms with Crippen LogP contribution in [0.5, 0.6) is 0 Å². The van der Waals surface area contributed by atoms with Crippen molar-refractivity contribution in [2.45, 2.75) is 32.7 Å². The summed E-state index contributed by atoms with van der Waals surface area (Å²) in [5, 5.41) is 7.01. The summed E-state index contributed by atoms with van der Waals surface area (Å²) in [4.78, 5) is 27.9. The summed E-state index contributed by atoms with van der Waals surface area (Å²) in [7, 11) is 0. The molecular weight excluding hydrogens is 368 g/mol. The minimum atomic E-state index is -1.03. The lowest BCUT2D eigenvalue weighted by Crippen LogP contribution is -2.67. The number of para-hydroxylation sites is 1. The van der Waals surface area contributed by atoms with Gasteiger partial charge in [0.1, 0.15) is 0 Å². The molecule has 2 heterocycles. The van der Waals surface area contributed by atoms with E-state index in [4.69, 9.17) is 0 Å². The number of carbonyl (C=O) groups is 2. The third-order valence-electron chi connectivity index (χ3n) is 5.42. The Morgan fingerprint density at radius 3 is 2.29 bits per heavy atom. The number of aryl methyl sites for hydroxylation is 3. The van der Waals surface area contributed by atoms with Crippen LogP contribution in [0.4, 0.5) is 11.4 Å². The first-order valence-corrected chi connectivity index (χ1v) is 10.2. The van der Waals surface area contributed by atoms with E-state index in [-0.39, 0.29) is 18.2 Å². The molecule has 5 heteroatoms. The average Bonchev–Trinajstić information content (AvgIpc) is 3.19. The molecule has 0 aliphatic carbocycles. The molecular formula is C23H22N2O2S. The third-order valence-corrected chi connectivity index (χ3v) is 6.11. The predicted molar refractivity (Wildman–Crippen MR) is 114 cm³/mol. The number of thiophene rings is 1. The molecule has 3 aromatic rings. The fraction of sp³-hybridized carbons (Fsp3) is 0.217. The zero-order chi connectivity index (χ0) is 19.9. The van der Waals surface area contributed by atoms with E-state index in [1.807, 2.05) is 80.1 Å². The lowest BCUT2D eigenvalue weighted by molar-refractivity contribution is -0.137. The van der Waals surface area contributed by atoms with Crippen LogP contribution in [-0.4, -0.2) is 11.8 Å². The van der Waals surface area contributed by atoms with Crippen LogP contribution < -0.4 is 10.2 Å². The normalized spacial score (nSPS) is 18.7. The van der Waals surface area contributed by atoms with Gasteiger partial charge in [0.25, 0.3) is 5.91 Å². The number of hydrogen-bond acceptors (Lipinski definition) is 3. The van der Waals surface area contributed by atoms with Crippen LogP contribution in [0.15, 0.2) is 59.3 Å². The van der Waals surface area contributed by atoms with Gasteiger partial charge in [-0.2, -0.15) is 11.3 Å². The van der Waals surface area contributed by atoms with Crippen LogP contribution in [0.3, 0.4) is 0 Å². The van der Waals surface area contributed by atoms with E-state index < -0.39 is 5.54 Å². The van der Waals surface area contributed by atoms with Crippen LogP contribution in [0, 0.1) is 20.8 Å². The predicted octanol–water partition coefficient (Wildman–Crippen LogP) is 4.94. The maximum absolute atomic E-state index is 13.6. The number of carbonyl (C=O) groups excluding carboxylic acids is 2. The fourth-order valence-corrected chi connectivity index (χ4v) is 4.55. The standard InChI is InChI=1S/C23H22N2O2S/c1-15-7-9-19(10-8-15)25-20(26)13-23(25,18-11-12-28-14-18)22(27)24-21-16(2)5-4-6-17(21)3/h4-12,14H,13H2,1-3H3,(H,24,27). The highest BCUT2D eigenvalue weighted by Crippen LogP contribution is 2.46. The summed E-state index contributed by atoms with van der Waals surface area (Å²) >= 11 is 1.53. The number of nitrogens with zero attached hydrogens (tertiary/aromatic N) is 1. The maximum Gasteiger partial charge on any atom is 0.255 e. The van der Waals surface area contributed by atoms with E-state index in [9.17, 15) is 9.59 Å². The fourth-order valence-electron chi connectivity index (χ4n) is 3.83. The van der Waals surface area contributed by atoms with Crippen molar-refractivity contribution >= 4 is 34.5 Å². The van der Waals surface area contributed by atoms with E-state index in [1.165, 1.54) is 11.3 Å². The summed E-state index contributed by atoms with van der Waals surface area (Å²) in [5.74, 6) is -0.227. The molecule has 2 aromatic carbocycles. The molecule has 1 saturated heterocycles. The molecule has 0 bridgehead atoms. The molecule has 0 saturated carbocycles. The Bertz CT molecular complexity index is 1020. The second-order valence-electron chi connectivity index (χ2n) is 7.33. The summed E-state index contributed by atoms with van der Waals surface area (Å²) in [6.45, 7) is 5.95. The van der Waals surface area contributed by atoms with Crippen molar-refractivity contribution in [3.05, 3.63) is 81.5 Å². The van der Waals surface area contributed by atoms with Crippen molar-refractivity contribution in [2.75, 3.05) is 10.2 Å². The zero-order valence-electron chi connectivity index (χ0n) is 16.2. The Balaban J connectivity index is 1.79. The SMILES string of the molecule is Cc1ccc(N2C(=O)CC2(C(=O)Nc2c(C)cccc2C)c2ccsc2)cc1. The number of anilines is 2. The van der Waals surface area contributed by atoms with E-state index in [0.29, 0.717) is 0 Å². The summed E-state index contributed by atoms with van der Waals surface area (Å²) in [6.07, 6.45) is 0.161. The van der Waals surface area contributed by atoms with Gasteiger partial charge in [0.15, 0.2) is 5.54 Å². The lowest BCUT2D eigenvalue weighted by Gasteiger charge is -2.50. The molecule has 1 aromatic heterocycles. The number of benzene rings is 2. The number of hydrogen-bond donors (Lipinski definition) is 1. The first kappa shape index (κ1) is 18.4.